The molecule has 0 saturated carbocycles. The molecule has 0 fully saturated rings. The van der Waals surface area contributed by atoms with E-state index in [4.69, 9.17) is 10.5 Å². The zero-order valence-electron chi connectivity index (χ0n) is 11.6. The van der Waals surface area contributed by atoms with Crippen LogP contribution < -0.4 is 5.73 Å². The first-order chi connectivity index (χ1) is 8.47. The molecule has 1 rings (SSSR count). The number of rotatable bonds is 6. The lowest BCUT2D eigenvalue weighted by Gasteiger charge is -2.25. The maximum Gasteiger partial charge on any atom is 0.248 e. The van der Waals surface area contributed by atoms with Gasteiger partial charge < -0.3 is 10.5 Å². The van der Waals surface area contributed by atoms with E-state index >= 15 is 0 Å². The van der Waals surface area contributed by atoms with E-state index in [1.807, 2.05) is 32.2 Å². The number of amides is 1. The largest absolute Gasteiger partial charge is 0.383 e. The highest BCUT2D eigenvalue weighted by molar-refractivity contribution is 5.94. The minimum absolute atomic E-state index is 0.221. The highest BCUT2D eigenvalue weighted by atomic mass is 16.5. The topological polar surface area (TPSA) is 55.6 Å². The molecule has 1 aromatic rings. The van der Waals surface area contributed by atoms with E-state index in [9.17, 15) is 4.79 Å². The van der Waals surface area contributed by atoms with Crippen molar-refractivity contribution in [2.75, 3.05) is 27.3 Å². The Labute approximate surface area is 109 Å². The number of nitrogens with two attached hydrogens (primary N) is 1. The van der Waals surface area contributed by atoms with Gasteiger partial charge in [0.1, 0.15) is 0 Å². The SMILES string of the molecule is COCCN(C)C(C)c1ccc(C)c(C(N)=O)c1. The molecule has 4 nitrogen and oxygen atoms in total. The summed E-state index contributed by atoms with van der Waals surface area (Å²) in [6, 6.07) is 6.08. The zero-order valence-corrected chi connectivity index (χ0v) is 11.6. The van der Waals surface area contributed by atoms with Crippen LogP contribution in [0, 0.1) is 6.92 Å². The van der Waals surface area contributed by atoms with Gasteiger partial charge in [-0.3, -0.25) is 9.69 Å². The summed E-state index contributed by atoms with van der Waals surface area (Å²) in [7, 11) is 3.73. The van der Waals surface area contributed by atoms with Gasteiger partial charge >= 0.3 is 0 Å². The average Bonchev–Trinajstić information content (AvgIpc) is 2.35. The molecule has 1 unspecified atom stereocenters. The Balaban J connectivity index is 2.89. The monoisotopic (exact) mass is 250 g/mol. The molecule has 0 radical (unpaired) electrons. The highest BCUT2D eigenvalue weighted by Gasteiger charge is 2.14. The maximum absolute atomic E-state index is 11.3. The summed E-state index contributed by atoms with van der Waals surface area (Å²) in [5, 5.41) is 0. The molecule has 100 valence electrons. The molecule has 0 saturated heterocycles. The van der Waals surface area contributed by atoms with Gasteiger partial charge in [-0.25, -0.2) is 0 Å². The predicted octanol–water partition coefficient (Wildman–Crippen LogP) is 1.73. The van der Waals surface area contributed by atoms with Gasteiger partial charge in [0.25, 0.3) is 0 Å². The first-order valence-electron chi connectivity index (χ1n) is 6.07. The minimum atomic E-state index is -0.374. The van der Waals surface area contributed by atoms with Crippen LogP contribution in [0.2, 0.25) is 0 Å². The van der Waals surface area contributed by atoms with E-state index < -0.39 is 0 Å². The molecule has 0 aromatic heterocycles. The fraction of sp³-hybridized carbons (Fsp3) is 0.500. The Hall–Kier alpha value is -1.39. The average molecular weight is 250 g/mol. The zero-order chi connectivity index (χ0) is 13.7. The minimum Gasteiger partial charge on any atom is -0.383 e. The Morgan fingerprint density at radius 2 is 2.17 bits per heavy atom. The van der Waals surface area contributed by atoms with Crippen molar-refractivity contribution < 1.29 is 9.53 Å². The van der Waals surface area contributed by atoms with E-state index in [1.54, 1.807) is 7.11 Å². The molecule has 0 heterocycles. The van der Waals surface area contributed by atoms with Gasteiger partial charge in [0.05, 0.1) is 6.61 Å². The van der Waals surface area contributed by atoms with Gasteiger partial charge in [0.15, 0.2) is 0 Å². The van der Waals surface area contributed by atoms with Crippen LogP contribution in [0.25, 0.3) is 0 Å². The Kier molecular flexibility index (Phi) is 5.31. The van der Waals surface area contributed by atoms with Crippen molar-refractivity contribution in [3.05, 3.63) is 34.9 Å². The summed E-state index contributed by atoms with van der Waals surface area (Å²) >= 11 is 0. The highest BCUT2D eigenvalue weighted by Crippen LogP contribution is 2.21. The molecule has 0 bridgehead atoms. The second-order valence-electron chi connectivity index (χ2n) is 4.59. The molecule has 18 heavy (non-hydrogen) atoms. The molecular weight excluding hydrogens is 228 g/mol. The number of benzene rings is 1. The molecule has 4 heteroatoms. The van der Waals surface area contributed by atoms with Crippen LogP contribution in [0.1, 0.15) is 34.5 Å². The van der Waals surface area contributed by atoms with Gasteiger partial charge in [-0.05, 0) is 38.1 Å². The fourth-order valence-corrected chi connectivity index (χ4v) is 1.85. The van der Waals surface area contributed by atoms with Crippen LogP contribution in [-0.2, 0) is 4.74 Å². The van der Waals surface area contributed by atoms with Crippen molar-refractivity contribution >= 4 is 5.91 Å². The molecule has 2 N–H and O–H groups in total. The van der Waals surface area contributed by atoms with Crippen molar-refractivity contribution in [1.29, 1.82) is 0 Å². The third kappa shape index (κ3) is 3.55. The molecule has 0 aliphatic rings. The van der Waals surface area contributed by atoms with Crippen LogP contribution in [0.15, 0.2) is 18.2 Å². The first-order valence-corrected chi connectivity index (χ1v) is 6.07. The fourth-order valence-electron chi connectivity index (χ4n) is 1.85. The van der Waals surface area contributed by atoms with Crippen LogP contribution in [0.5, 0.6) is 0 Å². The smallest absolute Gasteiger partial charge is 0.248 e. The molecule has 1 amide bonds. The Morgan fingerprint density at radius 1 is 1.50 bits per heavy atom. The molecule has 0 aliphatic carbocycles. The summed E-state index contributed by atoms with van der Waals surface area (Å²) in [4.78, 5) is 13.5. The van der Waals surface area contributed by atoms with Crippen molar-refractivity contribution in [3.63, 3.8) is 0 Å². The van der Waals surface area contributed by atoms with Crippen LogP contribution in [-0.4, -0.2) is 38.1 Å². The number of carbonyl (C=O) groups is 1. The molecule has 0 aliphatic heterocycles. The van der Waals surface area contributed by atoms with E-state index in [0.29, 0.717) is 12.2 Å². The van der Waals surface area contributed by atoms with E-state index in [0.717, 1.165) is 17.7 Å². The number of ether oxygens (including phenoxy) is 1. The van der Waals surface area contributed by atoms with E-state index in [-0.39, 0.29) is 11.9 Å². The standard InChI is InChI=1S/C14H22N2O2/c1-10-5-6-12(9-13(10)14(15)17)11(2)16(3)7-8-18-4/h5-6,9,11H,7-8H2,1-4H3,(H2,15,17). The lowest BCUT2D eigenvalue weighted by atomic mass is 10.00. The second-order valence-corrected chi connectivity index (χ2v) is 4.59. The van der Waals surface area contributed by atoms with Crippen LogP contribution in [0.4, 0.5) is 0 Å². The van der Waals surface area contributed by atoms with Gasteiger partial charge in [0.2, 0.25) is 5.91 Å². The lowest BCUT2D eigenvalue weighted by Crippen LogP contribution is -2.26. The molecule has 0 spiro atoms. The number of aryl methyl sites for hydroxylation is 1. The van der Waals surface area contributed by atoms with Crippen LogP contribution in [0.3, 0.4) is 0 Å². The van der Waals surface area contributed by atoms with Gasteiger partial charge in [-0.2, -0.15) is 0 Å². The molecule has 1 aromatic carbocycles. The first kappa shape index (κ1) is 14.7. The number of methoxy groups -OCH3 is 1. The molecule has 1 atom stereocenters. The summed E-state index contributed by atoms with van der Waals surface area (Å²) in [5.41, 5.74) is 7.97. The van der Waals surface area contributed by atoms with Gasteiger partial charge in [-0.1, -0.05) is 12.1 Å². The van der Waals surface area contributed by atoms with Gasteiger partial charge in [0, 0.05) is 25.3 Å². The van der Waals surface area contributed by atoms with Crippen molar-refractivity contribution in [2.45, 2.75) is 19.9 Å². The Bertz CT molecular complexity index is 418. The maximum atomic E-state index is 11.3. The van der Waals surface area contributed by atoms with Crippen molar-refractivity contribution in [2.24, 2.45) is 5.73 Å². The molecular formula is C14H22N2O2. The number of hydrogen-bond acceptors (Lipinski definition) is 3. The van der Waals surface area contributed by atoms with Crippen LogP contribution >= 0.6 is 0 Å². The van der Waals surface area contributed by atoms with E-state index in [2.05, 4.69) is 11.8 Å². The Morgan fingerprint density at radius 3 is 2.72 bits per heavy atom. The van der Waals surface area contributed by atoms with Crippen molar-refractivity contribution in [1.82, 2.24) is 4.90 Å². The predicted molar refractivity (Wildman–Crippen MR) is 72.6 cm³/mol. The summed E-state index contributed by atoms with van der Waals surface area (Å²) in [6.07, 6.45) is 0. The number of carbonyl (C=O) groups excluding carboxylic acids is 1. The lowest BCUT2D eigenvalue weighted by molar-refractivity contribution is 0.0999. The van der Waals surface area contributed by atoms with Gasteiger partial charge in [-0.15, -0.1) is 0 Å². The summed E-state index contributed by atoms with van der Waals surface area (Å²) < 4.78 is 5.06. The third-order valence-electron chi connectivity index (χ3n) is 3.32. The summed E-state index contributed by atoms with van der Waals surface area (Å²) in [5.74, 6) is -0.374. The number of hydrogen-bond donors (Lipinski definition) is 1. The van der Waals surface area contributed by atoms with E-state index in [1.165, 1.54) is 0 Å². The second kappa shape index (κ2) is 6.52. The number of nitrogens with zero attached hydrogens (tertiary/aromatic N) is 1. The summed E-state index contributed by atoms with van der Waals surface area (Å²) in [6.45, 7) is 5.53. The number of primary amides is 1. The quantitative estimate of drug-likeness (QED) is 0.836. The third-order valence-corrected chi connectivity index (χ3v) is 3.32. The van der Waals surface area contributed by atoms with Crippen molar-refractivity contribution in [3.8, 4) is 0 Å². The normalized spacial score (nSPS) is 12.7. The number of likely N-dealkylation sites (N-methyl/N-ethyl adjacent to an activating group) is 1.